The Kier molecular flexibility index (Phi) is 5.84. The molecular formula is C27H31N5O2S. The zero-order chi connectivity index (χ0) is 23.9. The summed E-state index contributed by atoms with van der Waals surface area (Å²) in [5.41, 5.74) is 2.15. The van der Waals surface area contributed by atoms with Gasteiger partial charge in [0.05, 0.1) is 17.4 Å². The Morgan fingerprint density at radius 3 is 2.60 bits per heavy atom. The molecule has 182 valence electrons. The van der Waals surface area contributed by atoms with Crippen molar-refractivity contribution in [1.29, 1.82) is 0 Å². The molecule has 0 radical (unpaired) electrons. The molecule has 1 saturated carbocycles. The first kappa shape index (κ1) is 22.3. The predicted molar refractivity (Wildman–Crippen MR) is 141 cm³/mol. The Morgan fingerprint density at radius 1 is 1.11 bits per heavy atom. The number of amides is 1. The molecule has 35 heavy (non-hydrogen) atoms. The van der Waals surface area contributed by atoms with Gasteiger partial charge < -0.3 is 19.9 Å². The van der Waals surface area contributed by atoms with Gasteiger partial charge in [0.1, 0.15) is 22.7 Å². The van der Waals surface area contributed by atoms with Crippen LogP contribution in [0.5, 0.6) is 5.75 Å². The Bertz CT molecular complexity index is 1260. The molecule has 0 spiro atoms. The summed E-state index contributed by atoms with van der Waals surface area (Å²) in [5, 5.41) is 4.60. The van der Waals surface area contributed by atoms with Gasteiger partial charge in [-0.05, 0) is 67.3 Å². The summed E-state index contributed by atoms with van der Waals surface area (Å²) in [7, 11) is 1.68. The van der Waals surface area contributed by atoms with E-state index in [1.165, 1.54) is 24.2 Å². The third kappa shape index (κ3) is 4.14. The lowest BCUT2D eigenvalue weighted by Gasteiger charge is -2.36. The molecule has 7 nitrogen and oxygen atoms in total. The van der Waals surface area contributed by atoms with Crippen LogP contribution in [0, 0.1) is 24.7 Å². The lowest BCUT2D eigenvalue weighted by molar-refractivity contribution is 0.0751. The molecule has 1 amide bonds. The number of aromatic nitrogens is 2. The number of hydrogen-bond donors (Lipinski definition) is 1. The monoisotopic (exact) mass is 489 g/mol. The van der Waals surface area contributed by atoms with Crippen LogP contribution in [0.4, 0.5) is 11.5 Å². The number of methoxy groups -OCH3 is 1. The van der Waals surface area contributed by atoms with Crippen molar-refractivity contribution in [1.82, 2.24) is 14.9 Å². The number of benzene rings is 1. The van der Waals surface area contributed by atoms with Crippen molar-refractivity contribution in [3.05, 3.63) is 53.2 Å². The van der Waals surface area contributed by atoms with Gasteiger partial charge in [0.2, 0.25) is 0 Å². The van der Waals surface area contributed by atoms with Gasteiger partial charge in [-0.25, -0.2) is 9.97 Å². The second kappa shape index (κ2) is 9.15. The number of fused-ring (bicyclic) bond motifs is 3. The van der Waals surface area contributed by atoms with Crippen LogP contribution in [0.2, 0.25) is 0 Å². The Morgan fingerprint density at radius 2 is 1.91 bits per heavy atom. The number of allylic oxidation sites excluding steroid dienone is 2. The highest BCUT2D eigenvalue weighted by molar-refractivity contribution is 7.20. The number of thiophene rings is 1. The molecular weight excluding hydrogens is 458 g/mol. The minimum Gasteiger partial charge on any atom is -0.497 e. The van der Waals surface area contributed by atoms with Crippen molar-refractivity contribution in [2.45, 2.75) is 19.8 Å². The predicted octanol–water partition coefficient (Wildman–Crippen LogP) is 4.59. The summed E-state index contributed by atoms with van der Waals surface area (Å²) in [4.78, 5) is 28.5. The molecule has 6 rings (SSSR count). The number of anilines is 2. The number of hydrogen-bond acceptors (Lipinski definition) is 7. The summed E-state index contributed by atoms with van der Waals surface area (Å²) in [5.74, 6) is 3.93. The maximum atomic E-state index is 13.5. The third-order valence-corrected chi connectivity index (χ3v) is 9.06. The molecule has 1 saturated heterocycles. The van der Waals surface area contributed by atoms with E-state index in [4.69, 9.17) is 4.74 Å². The quantitative estimate of drug-likeness (QED) is 0.511. The zero-order valence-corrected chi connectivity index (χ0v) is 21.1. The normalized spacial score (nSPS) is 23.3. The van der Waals surface area contributed by atoms with Crippen molar-refractivity contribution in [3.63, 3.8) is 0 Å². The van der Waals surface area contributed by atoms with Crippen LogP contribution < -0.4 is 15.0 Å². The zero-order valence-electron chi connectivity index (χ0n) is 20.2. The van der Waals surface area contributed by atoms with Gasteiger partial charge >= 0.3 is 0 Å². The van der Waals surface area contributed by atoms with Crippen molar-refractivity contribution >= 4 is 39.0 Å². The molecule has 8 heteroatoms. The summed E-state index contributed by atoms with van der Waals surface area (Å²) >= 11 is 1.49. The number of nitrogens with zero attached hydrogens (tertiary/aromatic N) is 4. The largest absolute Gasteiger partial charge is 0.497 e. The van der Waals surface area contributed by atoms with Crippen LogP contribution in [-0.4, -0.2) is 60.6 Å². The maximum Gasteiger partial charge on any atom is 0.264 e. The van der Waals surface area contributed by atoms with Crippen LogP contribution in [0.3, 0.4) is 0 Å². The molecule has 3 heterocycles. The van der Waals surface area contributed by atoms with Crippen molar-refractivity contribution < 1.29 is 9.53 Å². The van der Waals surface area contributed by atoms with Crippen LogP contribution in [0.25, 0.3) is 10.2 Å². The van der Waals surface area contributed by atoms with Gasteiger partial charge in [0, 0.05) is 38.4 Å². The van der Waals surface area contributed by atoms with Crippen molar-refractivity contribution in [2.75, 3.05) is 50.1 Å². The molecule has 1 N–H and O–H groups in total. The summed E-state index contributed by atoms with van der Waals surface area (Å²) < 4.78 is 5.26. The summed E-state index contributed by atoms with van der Waals surface area (Å²) in [6, 6.07) is 8.11. The fourth-order valence-corrected chi connectivity index (χ4v) is 6.99. The smallest absolute Gasteiger partial charge is 0.264 e. The topological polar surface area (TPSA) is 70.6 Å². The lowest BCUT2D eigenvalue weighted by Crippen LogP contribution is -2.48. The number of nitrogens with one attached hydrogen (secondary N) is 1. The van der Waals surface area contributed by atoms with E-state index in [-0.39, 0.29) is 5.91 Å². The SMILES string of the molecule is COc1ccc(N2CCN(C(=O)c3sc4ncnc(NCC5CC6C=CC5C6)c4c3C)CC2)cc1. The number of carbonyl (C=O) groups is 1. The number of rotatable bonds is 6. The maximum absolute atomic E-state index is 13.5. The number of aryl methyl sites for hydroxylation is 1. The van der Waals surface area contributed by atoms with Crippen LogP contribution >= 0.6 is 11.3 Å². The minimum absolute atomic E-state index is 0.101. The molecule has 3 unspecified atom stereocenters. The number of carbonyl (C=O) groups excluding carboxylic acids is 1. The van der Waals surface area contributed by atoms with E-state index < -0.39 is 0 Å². The van der Waals surface area contributed by atoms with Crippen molar-refractivity contribution in [2.24, 2.45) is 17.8 Å². The van der Waals surface area contributed by atoms with Gasteiger partial charge in [-0.15, -0.1) is 11.3 Å². The average molecular weight is 490 g/mol. The van der Waals surface area contributed by atoms with Gasteiger partial charge in [-0.2, -0.15) is 0 Å². The molecule has 3 aliphatic rings. The van der Waals surface area contributed by atoms with Gasteiger partial charge in [0.15, 0.2) is 0 Å². The first-order valence-corrected chi connectivity index (χ1v) is 13.3. The summed E-state index contributed by atoms with van der Waals surface area (Å²) in [6.45, 7) is 5.98. The molecule has 2 bridgehead atoms. The summed E-state index contributed by atoms with van der Waals surface area (Å²) in [6.07, 6.45) is 8.94. The minimum atomic E-state index is 0.101. The Hall–Kier alpha value is -3.13. The molecule has 2 aliphatic carbocycles. The standard InChI is InChI=1S/C27H31N5O2S/c1-17-23-25(28-15-20-14-18-3-4-19(20)13-18)29-16-30-26(23)35-24(17)27(33)32-11-9-31(10-12-32)21-5-7-22(34-2)8-6-21/h3-8,16,18-20H,9-15H2,1-2H3,(H,28,29,30). The first-order valence-electron chi connectivity index (χ1n) is 12.4. The average Bonchev–Trinajstić information content (AvgIpc) is 3.62. The third-order valence-electron chi connectivity index (χ3n) is 7.87. The Labute approximate surface area is 209 Å². The molecule has 1 aromatic carbocycles. The van der Waals surface area contributed by atoms with E-state index in [0.29, 0.717) is 24.9 Å². The molecule has 3 aromatic rings. The van der Waals surface area contributed by atoms with Crippen LogP contribution in [-0.2, 0) is 0 Å². The van der Waals surface area contributed by atoms with Gasteiger partial charge in [0.25, 0.3) is 5.91 Å². The highest BCUT2D eigenvalue weighted by Crippen LogP contribution is 2.43. The van der Waals surface area contributed by atoms with Gasteiger partial charge in [-0.3, -0.25) is 4.79 Å². The number of piperazine rings is 1. The van der Waals surface area contributed by atoms with Crippen LogP contribution in [0.1, 0.15) is 28.1 Å². The van der Waals surface area contributed by atoms with E-state index in [1.54, 1.807) is 13.4 Å². The second-order valence-corrected chi connectivity index (χ2v) is 10.9. The van der Waals surface area contributed by atoms with Crippen LogP contribution in [0.15, 0.2) is 42.7 Å². The number of ether oxygens (including phenoxy) is 1. The molecule has 1 aliphatic heterocycles. The van der Waals surface area contributed by atoms with Crippen molar-refractivity contribution in [3.8, 4) is 5.75 Å². The highest BCUT2D eigenvalue weighted by atomic mass is 32.1. The lowest BCUT2D eigenvalue weighted by atomic mass is 9.93. The second-order valence-electron chi connectivity index (χ2n) is 9.86. The van der Waals surface area contributed by atoms with E-state index in [1.807, 2.05) is 24.0 Å². The fraction of sp³-hybridized carbons (Fsp3) is 0.444. The first-order chi connectivity index (χ1) is 17.1. The molecule has 3 atom stereocenters. The van der Waals surface area contributed by atoms with E-state index in [0.717, 1.165) is 63.5 Å². The van der Waals surface area contributed by atoms with E-state index in [9.17, 15) is 4.79 Å². The van der Waals surface area contributed by atoms with Gasteiger partial charge in [-0.1, -0.05) is 12.2 Å². The fourth-order valence-electron chi connectivity index (χ4n) is 5.87. The molecule has 2 fully saturated rings. The Balaban J connectivity index is 1.15. The highest BCUT2D eigenvalue weighted by Gasteiger charge is 2.35. The van der Waals surface area contributed by atoms with E-state index >= 15 is 0 Å². The molecule has 2 aromatic heterocycles. The van der Waals surface area contributed by atoms with E-state index in [2.05, 4.69) is 44.5 Å².